The molecule has 0 saturated carbocycles. The molecule has 34 heavy (non-hydrogen) atoms. The molecule has 0 aliphatic carbocycles. The van der Waals surface area contributed by atoms with Crippen molar-refractivity contribution in [2.24, 2.45) is 0 Å². The Morgan fingerprint density at radius 1 is 0.912 bits per heavy atom. The van der Waals surface area contributed by atoms with Gasteiger partial charge in [0.15, 0.2) is 0 Å². The van der Waals surface area contributed by atoms with Crippen LogP contribution in [0.5, 0.6) is 0 Å². The lowest BCUT2D eigenvalue weighted by Gasteiger charge is -2.20. The summed E-state index contributed by atoms with van der Waals surface area (Å²) in [6.45, 7) is 0. The summed E-state index contributed by atoms with van der Waals surface area (Å²) >= 11 is 6.14. The fourth-order valence-electron chi connectivity index (χ4n) is 3.54. The molecule has 3 rings (SSSR count). The van der Waals surface area contributed by atoms with Gasteiger partial charge in [0.25, 0.3) is 0 Å². The average Bonchev–Trinajstić information content (AvgIpc) is 2.73. The molecule has 3 aromatic rings. The highest BCUT2D eigenvalue weighted by Gasteiger charge is 2.33. The lowest BCUT2D eigenvalue weighted by Crippen LogP contribution is -2.17. The number of carboxylic acids is 1. The Morgan fingerprint density at radius 3 is 2.00 bits per heavy atom. The molecule has 0 radical (unpaired) electrons. The summed E-state index contributed by atoms with van der Waals surface area (Å²) < 4.78 is 91.6. The second-order valence-electron chi connectivity index (χ2n) is 7.62. The van der Waals surface area contributed by atoms with E-state index >= 15 is 0 Å². The lowest BCUT2D eigenvalue weighted by atomic mass is 9.87. The van der Waals surface area contributed by atoms with Crippen molar-refractivity contribution in [1.82, 2.24) is 0 Å². The van der Waals surface area contributed by atoms with E-state index in [0.29, 0.717) is 5.56 Å². The Bertz CT molecular complexity index is 1170. The molecule has 0 saturated heterocycles. The van der Waals surface area contributed by atoms with Crippen LogP contribution in [-0.2, 0) is 23.8 Å². The van der Waals surface area contributed by atoms with Crippen molar-refractivity contribution in [3.63, 3.8) is 0 Å². The van der Waals surface area contributed by atoms with Crippen LogP contribution in [0.4, 0.5) is 30.7 Å². The van der Waals surface area contributed by atoms with Gasteiger partial charge >= 0.3 is 18.3 Å². The number of carbonyl (C=O) groups is 1. The molecular formula is C24H16ClF7O2. The molecular weight excluding hydrogens is 489 g/mol. The third-order valence-electron chi connectivity index (χ3n) is 5.17. The van der Waals surface area contributed by atoms with Crippen LogP contribution in [0.1, 0.15) is 28.2 Å². The summed E-state index contributed by atoms with van der Waals surface area (Å²) in [6.07, 6.45) is -10.9. The van der Waals surface area contributed by atoms with Crippen LogP contribution in [-0.4, -0.2) is 17.3 Å². The normalized spacial score (nSPS) is 13.1. The first-order valence-electron chi connectivity index (χ1n) is 9.78. The van der Waals surface area contributed by atoms with Gasteiger partial charge in [-0.25, -0.2) is 4.39 Å². The number of benzene rings is 3. The molecule has 180 valence electrons. The molecule has 0 spiro atoms. The van der Waals surface area contributed by atoms with Crippen molar-refractivity contribution in [3.8, 4) is 11.1 Å². The van der Waals surface area contributed by atoms with E-state index in [2.05, 4.69) is 0 Å². The standard InChI is InChI=1S/C24H16ClF7O2/c25-21-11-15(19(22(33)34)9-13-1-7-17(26)8-2-13)10-18(20(21)12-23(27,28)29)14-3-5-16(6-4-14)24(30,31)32/h1-8,10-11,19H,9,12H2,(H,33,34). The summed E-state index contributed by atoms with van der Waals surface area (Å²) in [6, 6.07) is 10.8. The van der Waals surface area contributed by atoms with Gasteiger partial charge in [-0.1, -0.05) is 35.9 Å². The first kappa shape index (κ1) is 25.6. The maximum atomic E-state index is 13.2. The second kappa shape index (κ2) is 9.66. The van der Waals surface area contributed by atoms with Gasteiger partial charge in [-0.15, -0.1) is 0 Å². The Hall–Kier alpha value is -3.07. The Labute approximate surface area is 194 Å². The largest absolute Gasteiger partial charge is 0.481 e. The summed E-state index contributed by atoms with van der Waals surface area (Å²) in [4.78, 5) is 12.0. The van der Waals surface area contributed by atoms with Gasteiger partial charge in [0.1, 0.15) is 5.82 Å². The number of halogens is 8. The predicted molar refractivity (Wildman–Crippen MR) is 112 cm³/mol. The average molecular weight is 505 g/mol. The van der Waals surface area contributed by atoms with Gasteiger partial charge in [0, 0.05) is 5.02 Å². The fourth-order valence-corrected chi connectivity index (χ4v) is 3.83. The quantitative estimate of drug-likeness (QED) is 0.350. The third kappa shape index (κ3) is 6.28. The number of alkyl halides is 6. The zero-order valence-corrected chi connectivity index (χ0v) is 17.9. The molecule has 0 aromatic heterocycles. The summed E-state index contributed by atoms with van der Waals surface area (Å²) in [7, 11) is 0. The van der Waals surface area contributed by atoms with E-state index in [9.17, 15) is 40.6 Å². The maximum Gasteiger partial charge on any atom is 0.416 e. The molecule has 0 amide bonds. The van der Waals surface area contributed by atoms with Crippen LogP contribution in [0.25, 0.3) is 11.1 Å². The highest BCUT2D eigenvalue weighted by molar-refractivity contribution is 6.32. The van der Waals surface area contributed by atoms with Crippen LogP contribution in [0.15, 0.2) is 60.7 Å². The van der Waals surface area contributed by atoms with E-state index in [1.165, 1.54) is 18.2 Å². The molecule has 0 heterocycles. The van der Waals surface area contributed by atoms with Crippen LogP contribution >= 0.6 is 11.6 Å². The van der Waals surface area contributed by atoms with Crippen LogP contribution in [0.2, 0.25) is 5.02 Å². The van der Waals surface area contributed by atoms with Gasteiger partial charge in [0.2, 0.25) is 0 Å². The first-order valence-corrected chi connectivity index (χ1v) is 10.2. The van der Waals surface area contributed by atoms with E-state index in [1.807, 2.05) is 0 Å². The molecule has 0 aliphatic heterocycles. The topological polar surface area (TPSA) is 37.3 Å². The lowest BCUT2D eigenvalue weighted by molar-refractivity contribution is -0.139. The Morgan fingerprint density at radius 2 is 1.50 bits per heavy atom. The van der Waals surface area contributed by atoms with Crippen molar-refractivity contribution in [3.05, 3.63) is 93.8 Å². The number of carboxylic acid groups (broad SMARTS) is 1. The Kier molecular flexibility index (Phi) is 7.26. The van der Waals surface area contributed by atoms with Crippen LogP contribution in [0, 0.1) is 5.82 Å². The van der Waals surface area contributed by atoms with E-state index in [1.54, 1.807) is 0 Å². The number of rotatable bonds is 6. The van der Waals surface area contributed by atoms with Gasteiger partial charge < -0.3 is 5.11 Å². The fraction of sp³-hybridized carbons (Fsp3) is 0.208. The number of hydrogen-bond acceptors (Lipinski definition) is 1. The minimum Gasteiger partial charge on any atom is -0.481 e. The van der Waals surface area contributed by atoms with Crippen LogP contribution in [0.3, 0.4) is 0 Å². The highest BCUT2D eigenvalue weighted by Crippen LogP contribution is 2.39. The van der Waals surface area contributed by atoms with E-state index < -0.39 is 42.0 Å². The van der Waals surface area contributed by atoms with Crippen molar-refractivity contribution >= 4 is 17.6 Å². The van der Waals surface area contributed by atoms with Gasteiger partial charge in [-0.2, -0.15) is 26.3 Å². The van der Waals surface area contributed by atoms with Gasteiger partial charge in [-0.3, -0.25) is 4.79 Å². The summed E-state index contributed by atoms with van der Waals surface area (Å²) in [5.74, 6) is -3.09. The number of hydrogen-bond donors (Lipinski definition) is 1. The van der Waals surface area contributed by atoms with Crippen molar-refractivity contribution in [2.45, 2.75) is 31.1 Å². The third-order valence-corrected chi connectivity index (χ3v) is 5.51. The second-order valence-corrected chi connectivity index (χ2v) is 8.02. The first-order chi connectivity index (χ1) is 15.7. The monoisotopic (exact) mass is 504 g/mol. The molecule has 0 fully saturated rings. The van der Waals surface area contributed by atoms with Crippen molar-refractivity contribution in [1.29, 1.82) is 0 Å². The molecule has 10 heteroatoms. The molecule has 0 bridgehead atoms. The Balaban J connectivity index is 2.12. The minimum absolute atomic E-state index is 0.0157. The molecule has 2 nitrogen and oxygen atoms in total. The maximum absolute atomic E-state index is 13.2. The zero-order valence-electron chi connectivity index (χ0n) is 17.1. The number of aliphatic carboxylic acids is 1. The minimum atomic E-state index is -4.67. The van der Waals surface area contributed by atoms with Crippen LogP contribution < -0.4 is 0 Å². The summed E-state index contributed by atoms with van der Waals surface area (Å²) in [5, 5.41) is 9.39. The molecule has 1 N–H and O–H groups in total. The molecule has 1 unspecified atom stereocenters. The zero-order chi connectivity index (χ0) is 25.3. The molecule has 1 atom stereocenters. The van der Waals surface area contributed by atoms with Crippen molar-refractivity contribution < 1.29 is 40.6 Å². The highest BCUT2D eigenvalue weighted by atomic mass is 35.5. The van der Waals surface area contributed by atoms with E-state index in [0.717, 1.165) is 42.5 Å². The smallest absolute Gasteiger partial charge is 0.416 e. The van der Waals surface area contributed by atoms with E-state index in [4.69, 9.17) is 11.6 Å². The molecule has 0 aliphatic rings. The van der Waals surface area contributed by atoms with Gasteiger partial charge in [0.05, 0.1) is 17.9 Å². The van der Waals surface area contributed by atoms with Gasteiger partial charge in [-0.05, 0) is 70.6 Å². The van der Waals surface area contributed by atoms with E-state index in [-0.39, 0.29) is 33.7 Å². The SMILES string of the molecule is O=C(O)C(Cc1ccc(F)cc1)c1cc(Cl)c(CC(F)(F)F)c(-c2ccc(C(F)(F)F)cc2)c1. The van der Waals surface area contributed by atoms with Crippen molar-refractivity contribution in [2.75, 3.05) is 0 Å². The molecule has 3 aromatic carbocycles. The summed E-state index contributed by atoms with van der Waals surface area (Å²) in [5.41, 5.74) is -0.969. The predicted octanol–water partition coefficient (Wildman–Crippen LogP) is 7.68.